The van der Waals surface area contributed by atoms with Crippen LogP contribution in [-0.2, 0) is 6.42 Å². The van der Waals surface area contributed by atoms with Crippen molar-refractivity contribution in [3.8, 4) is 11.5 Å². The van der Waals surface area contributed by atoms with Crippen LogP contribution in [0, 0.1) is 5.92 Å². The lowest BCUT2D eigenvalue weighted by atomic mass is 9.94. The number of thioether (sulfide) groups is 1. The zero-order chi connectivity index (χ0) is 17.4. The minimum absolute atomic E-state index is 0.0937. The van der Waals surface area contributed by atoms with Crippen molar-refractivity contribution in [2.24, 2.45) is 15.9 Å². The molecule has 2 aliphatic rings. The van der Waals surface area contributed by atoms with Crippen LogP contribution in [0.1, 0.15) is 11.1 Å². The first-order chi connectivity index (χ1) is 12.2. The van der Waals surface area contributed by atoms with Gasteiger partial charge in [-0.3, -0.25) is 0 Å². The van der Waals surface area contributed by atoms with Gasteiger partial charge in [0.25, 0.3) is 0 Å². The fraction of sp³-hybridized carbons (Fsp3) is 0.211. The smallest absolute Gasteiger partial charge is 0.207 e. The lowest BCUT2D eigenvalue weighted by Gasteiger charge is -2.29. The fourth-order valence-electron chi connectivity index (χ4n) is 2.96. The Hall–Kier alpha value is -2.18. The number of hydrogen-bond donors (Lipinski definition) is 0. The molecule has 25 heavy (non-hydrogen) atoms. The Kier molecular flexibility index (Phi) is 4.31. The van der Waals surface area contributed by atoms with Crippen LogP contribution in [0.2, 0.25) is 0 Å². The summed E-state index contributed by atoms with van der Waals surface area (Å²) in [4.78, 5) is 11.0. The summed E-state index contributed by atoms with van der Waals surface area (Å²) in [7, 11) is 1.64. The Morgan fingerprint density at radius 1 is 1.16 bits per heavy atom. The molecule has 6 heteroatoms. The summed E-state index contributed by atoms with van der Waals surface area (Å²) in [6.07, 6.45) is 2.78. The van der Waals surface area contributed by atoms with Gasteiger partial charge in [-0.15, -0.1) is 11.8 Å². The third-order valence-electron chi connectivity index (χ3n) is 4.29. The Bertz CT molecular complexity index is 904. The van der Waals surface area contributed by atoms with Crippen molar-refractivity contribution in [1.82, 2.24) is 0 Å². The minimum atomic E-state index is -0.0937. The topological polar surface area (TPSA) is 43.2 Å². The van der Waals surface area contributed by atoms with Gasteiger partial charge in [-0.05, 0) is 36.4 Å². The molecule has 1 atom stereocenters. The molecule has 0 amide bonds. The van der Waals surface area contributed by atoms with E-state index >= 15 is 0 Å². The van der Waals surface area contributed by atoms with Crippen molar-refractivity contribution in [2.75, 3.05) is 13.4 Å². The van der Waals surface area contributed by atoms with E-state index in [1.807, 2.05) is 36.6 Å². The fourth-order valence-corrected chi connectivity index (χ4v) is 3.63. The van der Waals surface area contributed by atoms with Crippen molar-refractivity contribution < 1.29 is 9.47 Å². The largest absolute Gasteiger partial charge is 0.493 e. The van der Waals surface area contributed by atoms with Crippen LogP contribution in [-0.4, -0.2) is 30.1 Å². The number of amidine groups is 1. The Morgan fingerprint density at radius 3 is 2.68 bits per heavy atom. The summed E-state index contributed by atoms with van der Waals surface area (Å²) in [5, 5.41) is 0. The van der Waals surface area contributed by atoms with Gasteiger partial charge in [0.1, 0.15) is 4.99 Å². The molecule has 2 aromatic rings. The van der Waals surface area contributed by atoms with E-state index in [0.29, 0.717) is 22.5 Å². The standard InChI is InChI=1S/C19H16N2O2S2/c1-22-15-5-3-4-12-10-14-18(23-16(12)15)20-17(21-19(14)24)11-6-8-13(25-2)9-7-11/h3-9,14H,10H2,1-2H3. The lowest BCUT2D eigenvalue weighted by molar-refractivity contribution is 0.379. The average molecular weight is 368 g/mol. The van der Waals surface area contributed by atoms with Gasteiger partial charge in [-0.25, -0.2) is 4.99 Å². The molecule has 0 saturated heterocycles. The lowest BCUT2D eigenvalue weighted by Crippen LogP contribution is -2.36. The molecular weight excluding hydrogens is 352 g/mol. The van der Waals surface area contributed by atoms with Crippen LogP contribution in [0.5, 0.6) is 11.5 Å². The quantitative estimate of drug-likeness (QED) is 0.603. The number of ether oxygens (including phenoxy) is 2. The summed E-state index contributed by atoms with van der Waals surface area (Å²) >= 11 is 7.24. The highest BCUT2D eigenvalue weighted by atomic mass is 32.2. The van der Waals surface area contributed by atoms with Gasteiger partial charge in [0, 0.05) is 10.5 Å². The first kappa shape index (κ1) is 16.3. The zero-order valence-electron chi connectivity index (χ0n) is 13.9. The molecule has 0 radical (unpaired) electrons. The van der Waals surface area contributed by atoms with Gasteiger partial charge < -0.3 is 9.47 Å². The highest BCUT2D eigenvalue weighted by Crippen LogP contribution is 2.38. The Morgan fingerprint density at radius 2 is 1.96 bits per heavy atom. The van der Waals surface area contributed by atoms with Gasteiger partial charge in [0.2, 0.25) is 5.90 Å². The van der Waals surface area contributed by atoms with Crippen molar-refractivity contribution in [2.45, 2.75) is 11.3 Å². The zero-order valence-corrected chi connectivity index (χ0v) is 15.5. The third-order valence-corrected chi connectivity index (χ3v) is 5.41. The maximum Gasteiger partial charge on any atom is 0.207 e. The summed E-state index contributed by atoms with van der Waals surface area (Å²) in [5.74, 6) is 2.53. The number of para-hydroxylation sites is 1. The van der Waals surface area contributed by atoms with Gasteiger partial charge in [0.15, 0.2) is 17.3 Å². The van der Waals surface area contributed by atoms with Crippen LogP contribution in [0.15, 0.2) is 57.3 Å². The molecule has 0 saturated carbocycles. The molecule has 0 N–H and O–H groups in total. The summed E-state index contributed by atoms with van der Waals surface area (Å²) < 4.78 is 11.5. The highest BCUT2D eigenvalue weighted by molar-refractivity contribution is 7.98. The number of thiocarbonyl (C=S) groups is 1. The predicted octanol–water partition coefficient (Wildman–Crippen LogP) is 4.15. The second-order valence-corrected chi connectivity index (χ2v) is 7.06. The second kappa shape index (κ2) is 6.61. The first-order valence-electron chi connectivity index (χ1n) is 7.89. The van der Waals surface area contributed by atoms with Gasteiger partial charge in [0.05, 0.1) is 13.0 Å². The van der Waals surface area contributed by atoms with E-state index in [1.165, 1.54) is 4.90 Å². The number of fused-ring (bicyclic) bond motifs is 2. The van der Waals surface area contributed by atoms with E-state index < -0.39 is 0 Å². The van der Waals surface area contributed by atoms with E-state index in [0.717, 1.165) is 23.3 Å². The van der Waals surface area contributed by atoms with E-state index in [2.05, 4.69) is 22.1 Å². The summed E-state index contributed by atoms with van der Waals surface area (Å²) in [6.45, 7) is 0. The number of aliphatic imine (C=N–C) groups is 2. The molecule has 0 bridgehead atoms. The van der Waals surface area contributed by atoms with Crippen molar-refractivity contribution in [3.63, 3.8) is 0 Å². The van der Waals surface area contributed by atoms with Crippen molar-refractivity contribution in [1.29, 1.82) is 0 Å². The molecule has 0 aliphatic carbocycles. The molecule has 126 valence electrons. The van der Waals surface area contributed by atoms with E-state index in [-0.39, 0.29) is 5.92 Å². The van der Waals surface area contributed by atoms with Gasteiger partial charge in [-0.2, -0.15) is 4.99 Å². The number of hydrogen-bond acceptors (Lipinski definition) is 5. The van der Waals surface area contributed by atoms with Crippen LogP contribution in [0.3, 0.4) is 0 Å². The van der Waals surface area contributed by atoms with Crippen molar-refractivity contribution >= 4 is 40.7 Å². The SMILES string of the molecule is COc1cccc2c1OC1=NC(c3ccc(SC)cc3)=NC(=S)C1C2. The van der Waals surface area contributed by atoms with Crippen LogP contribution < -0.4 is 9.47 Å². The maximum atomic E-state index is 6.08. The first-order valence-corrected chi connectivity index (χ1v) is 9.52. The van der Waals surface area contributed by atoms with Gasteiger partial charge in [-0.1, -0.05) is 36.5 Å². The number of benzene rings is 2. The summed E-state index contributed by atoms with van der Waals surface area (Å²) in [5.41, 5.74) is 1.99. The molecule has 2 aliphatic heterocycles. The molecule has 4 nitrogen and oxygen atoms in total. The Balaban J connectivity index is 1.71. The minimum Gasteiger partial charge on any atom is -0.493 e. The molecular formula is C19H16N2O2S2. The number of nitrogens with zero attached hydrogens (tertiary/aromatic N) is 2. The normalized spacial score (nSPS) is 18.5. The number of rotatable bonds is 3. The molecule has 2 aromatic carbocycles. The summed E-state index contributed by atoms with van der Waals surface area (Å²) in [6, 6.07) is 14.0. The molecule has 2 heterocycles. The highest BCUT2D eigenvalue weighted by Gasteiger charge is 2.34. The molecule has 0 aromatic heterocycles. The van der Waals surface area contributed by atoms with E-state index in [9.17, 15) is 0 Å². The second-order valence-electron chi connectivity index (χ2n) is 5.76. The predicted molar refractivity (Wildman–Crippen MR) is 106 cm³/mol. The van der Waals surface area contributed by atoms with Crippen LogP contribution >= 0.6 is 24.0 Å². The van der Waals surface area contributed by atoms with E-state index in [4.69, 9.17) is 21.7 Å². The van der Waals surface area contributed by atoms with Crippen LogP contribution in [0.25, 0.3) is 0 Å². The van der Waals surface area contributed by atoms with Gasteiger partial charge >= 0.3 is 0 Å². The molecule has 0 fully saturated rings. The Labute approximate surface area is 156 Å². The number of methoxy groups -OCH3 is 1. The van der Waals surface area contributed by atoms with Crippen molar-refractivity contribution in [3.05, 3.63) is 53.6 Å². The van der Waals surface area contributed by atoms with E-state index in [1.54, 1.807) is 18.9 Å². The molecule has 1 unspecified atom stereocenters. The van der Waals surface area contributed by atoms with Crippen LogP contribution in [0.4, 0.5) is 0 Å². The maximum absolute atomic E-state index is 6.08. The molecule has 0 spiro atoms. The average Bonchev–Trinajstić information content (AvgIpc) is 2.66. The monoisotopic (exact) mass is 368 g/mol. The third kappa shape index (κ3) is 2.96. The molecule has 4 rings (SSSR count).